The summed E-state index contributed by atoms with van der Waals surface area (Å²) in [6.07, 6.45) is 2.36. The Balaban J connectivity index is 4.19. The van der Waals surface area contributed by atoms with Crippen molar-refractivity contribution in [1.29, 1.82) is 0 Å². The fourth-order valence-corrected chi connectivity index (χ4v) is 1.68. The van der Waals surface area contributed by atoms with Crippen molar-refractivity contribution in [2.75, 3.05) is 12.0 Å². The van der Waals surface area contributed by atoms with Crippen molar-refractivity contribution >= 4 is 23.7 Å². The molecule has 1 atom stereocenters. The van der Waals surface area contributed by atoms with Crippen molar-refractivity contribution in [1.82, 2.24) is 0 Å². The number of hydrogen-bond acceptors (Lipinski definition) is 4. The largest absolute Gasteiger partial charge is 0.481 e. The third-order valence-corrected chi connectivity index (χ3v) is 2.50. The Kier molecular flexibility index (Phi) is 6.48. The molecule has 0 aliphatic heterocycles. The number of aliphatic carboxylic acids is 1. The van der Waals surface area contributed by atoms with Gasteiger partial charge in [-0.25, -0.2) is 0 Å². The number of hydrogen-bond donors (Lipinski definition) is 1. The van der Waals surface area contributed by atoms with E-state index in [1.165, 1.54) is 0 Å². The Morgan fingerprint density at radius 3 is 2.31 bits per heavy atom. The van der Waals surface area contributed by atoms with E-state index in [0.29, 0.717) is 6.42 Å². The van der Waals surface area contributed by atoms with Gasteiger partial charge in [-0.3, -0.25) is 9.59 Å². The molecule has 94 valence electrons. The van der Waals surface area contributed by atoms with Gasteiger partial charge in [0.25, 0.3) is 0 Å². The van der Waals surface area contributed by atoms with Crippen LogP contribution in [-0.4, -0.2) is 34.7 Å². The van der Waals surface area contributed by atoms with Gasteiger partial charge in [-0.15, -0.1) is 0 Å². The second kappa shape index (κ2) is 6.78. The minimum atomic E-state index is -0.931. The minimum absolute atomic E-state index is 0.0484. The number of carbonyl (C=O) groups excluding carboxylic acids is 1. The van der Waals surface area contributed by atoms with Gasteiger partial charge in [0.2, 0.25) is 0 Å². The average molecular weight is 248 g/mol. The molecule has 0 bridgehead atoms. The van der Waals surface area contributed by atoms with Gasteiger partial charge in [-0.2, -0.15) is 11.8 Å². The number of carbonyl (C=O) groups is 2. The van der Waals surface area contributed by atoms with Crippen LogP contribution in [0.3, 0.4) is 0 Å². The Hall–Kier alpha value is -0.710. The van der Waals surface area contributed by atoms with E-state index in [9.17, 15) is 9.59 Å². The Morgan fingerprint density at radius 2 is 1.94 bits per heavy atom. The van der Waals surface area contributed by atoms with Crippen molar-refractivity contribution in [2.24, 2.45) is 5.92 Å². The summed E-state index contributed by atoms with van der Waals surface area (Å²) in [6.45, 7) is 5.30. The second-order valence-electron chi connectivity index (χ2n) is 4.61. The van der Waals surface area contributed by atoms with E-state index in [0.717, 1.165) is 5.75 Å². The van der Waals surface area contributed by atoms with Crippen LogP contribution in [0.1, 0.15) is 33.6 Å². The van der Waals surface area contributed by atoms with E-state index in [4.69, 9.17) is 9.84 Å². The molecule has 0 rings (SSSR count). The lowest BCUT2D eigenvalue weighted by Gasteiger charge is -2.20. The zero-order valence-corrected chi connectivity index (χ0v) is 11.1. The van der Waals surface area contributed by atoms with Crippen molar-refractivity contribution in [2.45, 2.75) is 39.2 Å². The van der Waals surface area contributed by atoms with Crippen molar-refractivity contribution in [3.8, 4) is 0 Å². The fourth-order valence-electron chi connectivity index (χ4n) is 1.16. The molecule has 0 heterocycles. The van der Waals surface area contributed by atoms with Gasteiger partial charge < -0.3 is 9.84 Å². The van der Waals surface area contributed by atoms with Gasteiger partial charge in [-0.05, 0) is 39.2 Å². The van der Waals surface area contributed by atoms with Crippen LogP contribution in [0.15, 0.2) is 0 Å². The lowest BCUT2D eigenvalue weighted by Crippen LogP contribution is -2.27. The molecule has 0 saturated heterocycles. The summed E-state index contributed by atoms with van der Waals surface area (Å²) in [5, 5.41) is 8.93. The molecule has 16 heavy (non-hydrogen) atoms. The highest BCUT2D eigenvalue weighted by Crippen LogP contribution is 2.16. The van der Waals surface area contributed by atoms with Crippen molar-refractivity contribution in [3.63, 3.8) is 0 Å². The maximum absolute atomic E-state index is 11.4. The molecule has 5 heteroatoms. The molecule has 0 aromatic heterocycles. The standard InChI is InChI=1S/C11H20O4S/c1-11(2,3)15-9(12)7-8(10(13)14)5-6-16-4/h8H,5-7H2,1-4H3,(H,13,14)/t8-/m0/s1. The van der Waals surface area contributed by atoms with E-state index in [2.05, 4.69) is 0 Å². The number of carboxylic acids is 1. The van der Waals surface area contributed by atoms with Gasteiger partial charge >= 0.3 is 11.9 Å². The normalized spacial score (nSPS) is 13.2. The first-order chi connectivity index (χ1) is 7.26. The van der Waals surface area contributed by atoms with Crippen LogP contribution in [-0.2, 0) is 14.3 Å². The number of rotatable bonds is 6. The molecule has 0 unspecified atom stereocenters. The molecule has 4 nitrogen and oxygen atoms in total. The molecule has 0 aromatic carbocycles. The molecule has 0 radical (unpaired) electrons. The average Bonchev–Trinajstić information content (AvgIpc) is 2.08. The Labute approximate surface area is 101 Å². The molecule has 0 amide bonds. The first-order valence-electron chi connectivity index (χ1n) is 5.20. The summed E-state index contributed by atoms with van der Waals surface area (Å²) < 4.78 is 5.09. The maximum atomic E-state index is 11.4. The highest BCUT2D eigenvalue weighted by Gasteiger charge is 2.24. The van der Waals surface area contributed by atoms with Crippen LogP contribution in [0.25, 0.3) is 0 Å². The summed E-state index contributed by atoms with van der Waals surface area (Å²) >= 11 is 1.57. The van der Waals surface area contributed by atoms with E-state index < -0.39 is 23.5 Å². The van der Waals surface area contributed by atoms with E-state index in [1.807, 2.05) is 6.26 Å². The first-order valence-corrected chi connectivity index (χ1v) is 6.59. The smallest absolute Gasteiger partial charge is 0.307 e. The number of thioether (sulfide) groups is 1. The summed E-state index contributed by atoms with van der Waals surface area (Å²) in [4.78, 5) is 22.3. The Morgan fingerprint density at radius 1 is 1.38 bits per heavy atom. The summed E-state index contributed by atoms with van der Waals surface area (Å²) in [7, 11) is 0. The fraction of sp³-hybridized carbons (Fsp3) is 0.818. The molecule has 0 aliphatic carbocycles. The predicted molar refractivity (Wildman–Crippen MR) is 64.6 cm³/mol. The zero-order chi connectivity index (χ0) is 12.8. The van der Waals surface area contributed by atoms with Gasteiger partial charge in [-0.1, -0.05) is 0 Å². The monoisotopic (exact) mass is 248 g/mol. The van der Waals surface area contributed by atoms with Gasteiger partial charge in [0.1, 0.15) is 5.60 Å². The minimum Gasteiger partial charge on any atom is -0.481 e. The third kappa shape index (κ3) is 7.56. The molecule has 1 N–H and O–H groups in total. The van der Waals surface area contributed by atoms with Crippen molar-refractivity contribution in [3.05, 3.63) is 0 Å². The SMILES string of the molecule is CSCC[C@@H](CC(=O)OC(C)(C)C)C(=O)O. The van der Waals surface area contributed by atoms with Crippen LogP contribution in [0.2, 0.25) is 0 Å². The summed E-state index contributed by atoms with van der Waals surface area (Å²) in [6, 6.07) is 0. The predicted octanol–water partition coefficient (Wildman–Crippen LogP) is 2.17. The zero-order valence-electron chi connectivity index (χ0n) is 10.3. The topological polar surface area (TPSA) is 63.6 Å². The van der Waals surface area contributed by atoms with Gasteiger partial charge in [0.05, 0.1) is 12.3 Å². The highest BCUT2D eigenvalue weighted by molar-refractivity contribution is 7.98. The maximum Gasteiger partial charge on any atom is 0.307 e. The second-order valence-corrected chi connectivity index (χ2v) is 5.59. The van der Waals surface area contributed by atoms with Gasteiger partial charge in [0, 0.05) is 0 Å². The number of esters is 1. The molecule has 0 spiro atoms. The molecule has 0 aliphatic rings. The van der Waals surface area contributed by atoms with Crippen LogP contribution in [0.4, 0.5) is 0 Å². The lowest BCUT2D eigenvalue weighted by molar-refractivity contribution is -0.159. The molecule has 0 aromatic rings. The number of carboxylic acid groups (broad SMARTS) is 1. The third-order valence-electron chi connectivity index (χ3n) is 1.85. The highest BCUT2D eigenvalue weighted by atomic mass is 32.2. The van der Waals surface area contributed by atoms with Crippen LogP contribution >= 0.6 is 11.8 Å². The van der Waals surface area contributed by atoms with Crippen molar-refractivity contribution < 1.29 is 19.4 Å². The molecular weight excluding hydrogens is 228 g/mol. The molecule has 0 saturated carbocycles. The lowest BCUT2D eigenvalue weighted by atomic mass is 10.0. The Bertz CT molecular complexity index is 245. The van der Waals surface area contributed by atoms with Crippen LogP contribution in [0, 0.1) is 5.92 Å². The first kappa shape index (κ1) is 15.3. The molecular formula is C11H20O4S. The van der Waals surface area contributed by atoms with E-state index in [-0.39, 0.29) is 6.42 Å². The summed E-state index contributed by atoms with van der Waals surface area (Å²) in [5.74, 6) is -1.28. The van der Waals surface area contributed by atoms with Crippen LogP contribution < -0.4 is 0 Å². The van der Waals surface area contributed by atoms with Gasteiger partial charge in [0.15, 0.2) is 0 Å². The quantitative estimate of drug-likeness (QED) is 0.730. The number of ether oxygens (including phenoxy) is 1. The van der Waals surface area contributed by atoms with E-state index >= 15 is 0 Å². The summed E-state index contributed by atoms with van der Waals surface area (Å²) in [5.41, 5.74) is -0.556. The van der Waals surface area contributed by atoms with E-state index in [1.54, 1.807) is 32.5 Å². The molecule has 0 fully saturated rings. The van der Waals surface area contributed by atoms with Crippen LogP contribution in [0.5, 0.6) is 0 Å².